The van der Waals surface area contributed by atoms with E-state index in [4.69, 9.17) is 0 Å². The van der Waals surface area contributed by atoms with Crippen molar-refractivity contribution in [2.75, 3.05) is 18.4 Å². The molecule has 0 radical (unpaired) electrons. The summed E-state index contributed by atoms with van der Waals surface area (Å²) in [6, 6.07) is 2.71. The Hall–Kier alpha value is -2.90. The number of nitrogens with zero attached hydrogens (tertiary/aromatic N) is 1. The molecule has 2 aromatic rings. The second-order valence-corrected chi connectivity index (χ2v) is 6.07. The molecule has 132 valence electrons. The van der Waals surface area contributed by atoms with Gasteiger partial charge in [0.2, 0.25) is 11.3 Å². The van der Waals surface area contributed by atoms with Gasteiger partial charge in [0.1, 0.15) is 11.4 Å². The molecule has 8 heteroatoms. The van der Waals surface area contributed by atoms with Crippen LogP contribution in [0.25, 0.3) is 10.9 Å². The maximum absolute atomic E-state index is 14.3. The highest BCUT2D eigenvalue weighted by atomic mass is 19.1. The van der Waals surface area contributed by atoms with Crippen LogP contribution in [0.15, 0.2) is 23.1 Å². The van der Waals surface area contributed by atoms with Crippen molar-refractivity contribution in [1.29, 1.82) is 0 Å². The van der Waals surface area contributed by atoms with Crippen molar-refractivity contribution >= 4 is 28.5 Å². The molecule has 0 bridgehead atoms. The minimum Gasteiger partial charge on any atom is -0.477 e. The van der Waals surface area contributed by atoms with Gasteiger partial charge in [-0.1, -0.05) is 0 Å². The molecule has 1 saturated carbocycles. The van der Waals surface area contributed by atoms with Crippen LogP contribution in [-0.2, 0) is 4.79 Å². The Kier molecular flexibility index (Phi) is 4.43. The third kappa shape index (κ3) is 3.47. The van der Waals surface area contributed by atoms with Crippen LogP contribution in [0.5, 0.6) is 0 Å². The number of anilines is 1. The lowest BCUT2D eigenvalue weighted by Gasteiger charge is -2.14. The molecular formula is C17H18FN3O4. The van der Waals surface area contributed by atoms with E-state index in [0.717, 1.165) is 18.9 Å². The Morgan fingerprint density at radius 2 is 2.04 bits per heavy atom. The average Bonchev–Trinajstić information content (AvgIpc) is 3.37. The van der Waals surface area contributed by atoms with Crippen LogP contribution in [0, 0.1) is 5.82 Å². The third-order valence-corrected chi connectivity index (χ3v) is 4.11. The predicted molar refractivity (Wildman–Crippen MR) is 90.6 cm³/mol. The monoisotopic (exact) mass is 347 g/mol. The SMILES string of the molecule is CC(=O)NCCNc1cc2c(cc1F)c(=O)c(C(=O)O)cn2C1CC1. The maximum Gasteiger partial charge on any atom is 0.341 e. The molecule has 7 nitrogen and oxygen atoms in total. The zero-order valence-corrected chi connectivity index (χ0v) is 13.6. The fraction of sp³-hybridized carbons (Fsp3) is 0.353. The Labute approximate surface area is 142 Å². The lowest BCUT2D eigenvalue weighted by atomic mass is 10.1. The fourth-order valence-corrected chi connectivity index (χ4v) is 2.75. The van der Waals surface area contributed by atoms with E-state index < -0.39 is 17.2 Å². The molecule has 0 atom stereocenters. The summed E-state index contributed by atoms with van der Waals surface area (Å²) in [5.74, 6) is -2.14. The number of carboxylic acids is 1. The zero-order chi connectivity index (χ0) is 18.1. The smallest absolute Gasteiger partial charge is 0.341 e. The average molecular weight is 347 g/mol. The number of hydrogen-bond acceptors (Lipinski definition) is 4. The van der Waals surface area contributed by atoms with E-state index in [9.17, 15) is 23.9 Å². The Bertz CT molecular complexity index is 918. The van der Waals surface area contributed by atoms with E-state index in [2.05, 4.69) is 10.6 Å². The van der Waals surface area contributed by atoms with Gasteiger partial charge in [-0.15, -0.1) is 0 Å². The van der Waals surface area contributed by atoms with E-state index in [0.29, 0.717) is 18.6 Å². The van der Waals surface area contributed by atoms with Crippen LogP contribution in [0.2, 0.25) is 0 Å². The zero-order valence-electron chi connectivity index (χ0n) is 13.6. The fourth-order valence-electron chi connectivity index (χ4n) is 2.75. The van der Waals surface area contributed by atoms with Crippen LogP contribution in [0.3, 0.4) is 0 Å². The predicted octanol–water partition coefficient (Wildman–Crippen LogP) is 1.72. The van der Waals surface area contributed by atoms with Crippen molar-refractivity contribution in [2.24, 2.45) is 0 Å². The highest BCUT2D eigenvalue weighted by Gasteiger charge is 2.27. The number of fused-ring (bicyclic) bond motifs is 1. The topological polar surface area (TPSA) is 100 Å². The number of benzene rings is 1. The van der Waals surface area contributed by atoms with Gasteiger partial charge >= 0.3 is 5.97 Å². The molecule has 0 saturated heterocycles. The number of carbonyl (C=O) groups excluding carboxylic acids is 1. The quantitative estimate of drug-likeness (QED) is 0.691. The van der Waals surface area contributed by atoms with Gasteiger partial charge in [0.25, 0.3) is 0 Å². The standard InChI is InChI=1S/C17H18FN3O4/c1-9(22)19-4-5-20-14-7-15-11(6-13(14)18)16(23)12(17(24)25)8-21(15)10-2-3-10/h6-8,10,20H,2-5H2,1H3,(H,19,22)(H,24,25). The lowest BCUT2D eigenvalue weighted by molar-refractivity contribution is -0.118. The molecule has 1 aliphatic rings. The number of pyridine rings is 1. The first-order chi connectivity index (χ1) is 11.9. The first-order valence-corrected chi connectivity index (χ1v) is 7.98. The number of hydrogen-bond donors (Lipinski definition) is 3. The maximum atomic E-state index is 14.3. The molecule has 3 N–H and O–H groups in total. The van der Waals surface area contributed by atoms with E-state index in [1.165, 1.54) is 19.2 Å². The number of aromatic nitrogens is 1. The van der Waals surface area contributed by atoms with E-state index in [1.807, 2.05) is 0 Å². The number of amides is 1. The first-order valence-electron chi connectivity index (χ1n) is 7.98. The minimum atomic E-state index is -1.32. The summed E-state index contributed by atoms with van der Waals surface area (Å²) in [6.07, 6.45) is 3.11. The van der Waals surface area contributed by atoms with Crippen molar-refractivity contribution in [3.8, 4) is 0 Å². The summed E-state index contributed by atoms with van der Waals surface area (Å²) in [6.45, 7) is 2.05. The number of carboxylic acid groups (broad SMARTS) is 1. The summed E-state index contributed by atoms with van der Waals surface area (Å²) < 4.78 is 16.1. The second-order valence-electron chi connectivity index (χ2n) is 6.07. The molecule has 25 heavy (non-hydrogen) atoms. The molecule has 1 aromatic heterocycles. The normalized spacial score (nSPS) is 13.7. The van der Waals surface area contributed by atoms with Crippen LogP contribution < -0.4 is 16.1 Å². The highest BCUT2D eigenvalue weighted by Crippen LogP contribution is 2.37. The van der Waals surface area contributed by atoms with Crippen molar-refractivity contribution in [3.63, 3.8) is 0 Å². The van der Waals surface area contributed by atoms with Gasteiger partial charge in [-0.25, -0.2) is 9.18 Å². The molecule has 0 spiro atoms. The molecule has 0 unspecified atom stereocenters. The molecular weight excluding hydrogens is 329 g/mol. The Morgan fingerprint density at radius 3 is 2.64 bits per heavy atom. The number of carbonyl (C=O) groups is 2. The van der Waals surface area contributed by atoms with Gasteiger partial charge in [0, 0.05) is 37.6 Å². The number of rotatable bonds is 6. The van der Waals surface area contributed by atoms with Gasteiger partial charge in [0.15, 0.2) is 0 Å². The van der Waals surface area contributed by atoms with Gasteiger partial charge in [0.05, 0.1) is 11.2 Å². The summed E-state index contributed by atoms with van der Waals surface area (Å²) in [4.78, 5) is 34.5. The van der Waals surface area contributed by atoms with Crippen molar-refractivity contribution in [1.82, 2.24) is 9.88 Å². The van der Waals surface area contributed by atoms with Gasteiger partial charge < -0.3 is 20.3 Å². The first kappa shape index (κ1) is 16.9. The van der Waals surface area contributed by atoms with Crippen molar-refractivity contribution < 1.29 is 19.1 Å². The molecule has 1 heterocycles. The number of halogens is 1. The third-order valence-electron chi connectivity index (χ3n) is 4.11. The lowest BCUT2D eigenvalue weighted by Crippen LogP contribution is -2.26. The van der Waals surface area contributed by atoms with Crippen LogP contribution in [0.1, 0.15) is 36.2 Å². The second kappa shape index (κ2) is 6.54. The molecule has 3 rings (SSSR count). The van der Waals surface area contributed by atoms with E-state index in [1.54, 1.807) is 4.57 Å². The Morgan fingerprint density at radius 1 is 1.32 bits per heavy atom. The molecule has 1 amide bonds. The van der Waals surface area contributed by atoms with E-state index in [-0.39, 0.29) is 28.6 Å². The summed E-state index contributed by atoms with van der Waals surface area (Å²) >= 11 is 0. The van der Waals surface area contributed by atoms with Crippen LogP contribution >= 0.6 is 0 Å². The summed E-state index contributed by atoms with van der Waals surface area (Å²) in [5, 5.41) is 14.7. The highest BCUT2D eigenvalue weighted by molar-refractivity contribution is 5.93. The van der Waals surface area contributed by atoms with Gasteiger partial charge in [-0.2, -0.15) is 0 Å². The van der Waals surface area contributed by atoms with Crippen molar-refractivity contribution in [3.05, 3.63) is 39.9 Å². The summed E-state index contributed by atoms with van der Waals surface area (Å²) in [5.41, 5.74) is -0.344. The number of nitrogens with one attached hydrogen (secondary N) is 2. The van der Waals surface area contributed by atoms with Crippen LogP contribution in [0.4, 0.5) is 10.1 Å². The Balaban J connectivity index is 2.02. The summed E-state index contributed by atoms with van der Waals surface area (Å²) in [7, 11) is 0. The molecule has 1 fully saturated rings. The number of aromatic carboxylic acids is 1. The van der Waals surface area contributed by atoms with Crippen molar-refractivity contribution in [2.45, 2.75) is 25.8 Å². The van der Waals surface area contributed by atoms with Crippen LogP contribution in [-0.4, -0.2) is 34.6 Å². The molecule has 1 aliphatic carbocycles. The largest absolute Gasteiger partial charge is 0.477 e. The minimum absolute atomic E-state index is 0.0525. The van der Waals surface area contributed by atoms with Gasteiger partial charge in [-0.05, 0) is 25.0 Å². The molecule has 1 aromatic carbocycles. The van der Waals surface area contributed by atoms with Gasteiger partial charge in [-0.3, -0.25) is 9.59 Å². The molecule has 0 aliphatic heterocycles. The van der Waals surface area contributed by atoms with E-state index >= 15 is 0 Å².